The number of ether oxygens (including phenoxy) is 2. The van der Waals surface area contributed by atoms with E-state index in [4.69, 9.17) is 9.47 Å². The zero-order valence-electron chi connectivity index (χ0n) is 31.5. The minimum Gasteiger partial charge on any atom is -0.347 e. The first-order chi connectivity index (χ1) is 23.1. The van der Waals surface area contributed by atoms with Crippen LogP contribution >= 0.6 is 0 Å². The summed E-state index contributed by atoms with van der Waals surface area (Å²) in [6, 6.07) is 0. The van der Waals surface area contributed by atoms with Crippen molar-refractivity contribution in [2.45, 2.75) is 192 Å². The van der Waals surface area contributed by atoms with E-state index < -0.39 is 0 Å². The van der Waals surface area contributed by atoms with Gasteiger partial charge in [0.25, 0.3) is 0 Å². The van der Waals surface area contributed by atoms with Gasteiger partial charge in [0.15, 0.2) is 5.79 Å². The molecule has 270 valence electrons. The zero-order valence-corrected chi connectivity index (χ0v) is 31.5. The van der Waals surface area contributed by atoms with Gasteiger partial charge in [0, 0.05) is 25.9 Å². The predicted octanol–water partition coefficient (Wildman–Crippen LogP) is 13.4. The maximum atomic E-state index is 7.00. The molecule has 0 aromatic rings. The minimum atomic E-state index is -0.323. The van der Waals surface area contributed by atoms with Crippen LogP contribution < -0.4 is 0 Å². The number of allylic oxidation sites excluding steroid dienone is 10. The van der Waals surface area contributed by atoms with Gasteiger partial charge in [0.1, 0.15) is 0 Å². The van der Waals surface area contributed by atoms with Crippen LogP contribution in [-0.4, -0.2) is 43.0 Å². The number of piperidine rings is 1. The van der Waals surface area contributed by atoms with E-state index in [1.165, 1.54) is 116 Å². The Morgan fingerprint density at radius 2 is 0.936 bits per heavy atom. The van der Waals surface area contributed by atoms with Crippen molar-refractivity contribution < 1.29 is 9.47 Å². The highest BCUT2D eigenvalue weighted by molar-refractivity contribution is 4.97. The molecule has 2 aliphatic heterocycles. The lowest BCUT2D eigenvalue weighted by atomic mass is 9.92. The summed E-state index contributed by atoms with van der Waals surface area (Å²) in [6.45, 7) is 7.53. The van der Waals surface area contributed by atoms with E-state index in [1.54, 1.807) is 0 Å². The Kier molecular flexibility index (Phi) is 25.2. The summed E-state index contributed by atoms with van der Waals surface area (Å²) in [7, 11) is 2.24. The van der Waals surface area contributed by atoms with Crippen molar-refractivity contribution in [3.63, 3.8) is 0 Å². The van der Waals surface area contributed by atoms with E-state index in [0.29, 0.717) is 0 Å². The number of hydrogen-bond donors (Lipinski definition) is 0. The molecule has 2 aliphatic rings. The number of nitrogens with zero attached hydrogens (tertiary/aromatic N) is 1. The van der Waals surface area contributed by atoms with Crippen LogP contribution in [0.4, 0.5) is 0 Å². The lowest BCUT2D eigenvalue weighted by Crippen LogP contribution is -2.46. The first-order valence-corrected chi connectivity index (χ1v) is 20.4. The molecule has 0 N–H and O–H groups in total. The fourth-order valence-corrected chi connectivity index (χ4v) is 6.93. The summed E-state index contributed by atoms with van der Waals surface area (Å²) >= 11 is 0. The SMILES string of the molecule is CCC=CCC=CCC=CCCCCCCCCC1(CCCCCCCCC=CCC=CCCCCC)OCC2(CCN(C)CC2)O1. The van der Waals surface area contributed by atoms with Gasteiger partial charge in [-0.25, -0.2) is 0 Å². The molecular weight excluding hydrogens is 574 g/mol. The summed E-state index contributed by atoms with van der Waals surface area (Å²) < 4.78 is 13.6. The molecule has 3 nitrogen and oxygen atoms in total. The molecule has 1 atom stereocenters. The molecule has 0 saturated carbocycles. The lowest BCUT2D eigenvalue weighted by Gasteiger charge is -2.38. The Morgan fingerprint density at radius 1 is 0.511 bits per heavy atom. The van der Waals surface area contributed by atoms with Crippen molar-refractivity contribution in [1.82, 2.24) is 4.90 Å². The van der Waals surface area contributed by atoms with E-state index in [2.05, 4.69) is 86.6 Å². The summed E-state index contributed by atoms with van der Waals surface area (Å²) in [6.07, 6.45) is 55.5. The van der Waals surface area contributed by atoms with Gasteiger partial charge in [-0.15, -0.1) is 0 Å². The molecular formula is C44H77NO2. The molecule has 2 rings (SSSR count). The third-order valence-corrected chi connectivity index (χ3v) is 10.1. The van der Waals surface area contributed by atoms with Gasteiger partial charge in [0.05, 0.1) is 12.2 Å². The van der Waals surface area contributed by atoms with E-state index in [1.807, 2.05) is 0 Å². The van der Waals surface area contributed by atoms with Gasteiger partial charge in [-0.3, -0.25) is 0 Å². The van der Waals surface area contributed by atoms with Crippen molar-refractivity contribution in [2.75, 3.05) is 26.7 Å². The van der Waals surface area contributed by atoms with Crippen LogP contribution in [0.15, 0.2) is 60.8 Å². The molecule has 1 unspecified atom stereocenters. The molecule has 0 radical (unpaired) electrons. The van der Waals surface area contributed by atoms with Crippen LogP contribution in [0.5, 0.6) is 0 Å². The Bertz CT molecular complexity index is 862. The summed E-state index contributed by atoms with van der Waals surface area (Å²) in [5.74, 6) is -0.323. The van der Waals surface area contributed by atoms with Crippen molar-refractivity contribution in [1.29, 1.82) is 0 Å². The Balaban J connectivity index is 1.56. The van der Waals surface area contributed by atoms with E-state index in [0.717, 1.165) is 71.1 Å². The largest absolute Gasteiger partial charge is 0.347 e. The molecule has 0 aromatic heterocycles. The fraction of sp³-hybridized carbons (Fsp3) is 0.773. The van der Waals surface area contributed by atoms with Crippen molar-refractivity contribution in [3.8, 4) is 0 Å². The monoisotopic (exact) mass is 652 g/mol. The van der Waals surface area contributed by atoms with Gasteiger partial charge < -0.3 is 14.4 Å². The first-order valence-electron chi connectivity index (χ1n) is 20.4. The normalized spacial score (nSPS) is 20.6. The van der Waals surface area contributed by atoms with Crippen LogP contribution in [0.1, 0.15) is 181 Å². The standard InChI is InChI=1S/C44H77NO2/c1-4-6-8-10-12-14-16-18-20-22-24-26-28-30-32-34-36-44(46-42-43(47-44)38-40-45(3)41-39-43)37-35-33-31-29-27-25-23-21-19-17-15-13-11-9-7-5-2/h6,8,12-15,18-21H,4-5,7,9-11,16-17,22-42H2,1-3H3. The predicted molar refractivity (Wildman–Crippen MR) is 207 cm³/mol. The Morgan fingerprint density at radius 3 is 1.43 bits per heavy atom. The minimum absolute atomic E-state index is 0.0275. The third kappa shape index (κ3) is 21.3. The van der Waals surface area contributed by atoms with Gasteiger partial charge in [0.2, 0.25) is 0 Å². The topological polar surface area (TPSA) is 21.7 Å². The smallest absolute Gasteiger partial charge is 0.169 e. The highest BCUT2D eigenvalue weighted by Crippen LogP contribution is 2.43. The highest BCUT2D eigenvalue weighted by atomic mass is 16.8. The van der Waals surface area contributed by atoms with Gasteiger partial charge in [-0.05, 0) is 96.9 Å². The Labute approximate surface area is 293 Å². The third-order valence-electron chi connectivity index (χ3n) is 10.1. The van der Waals surface area contributed by atoms with E-state index in [-0.39, 0.29) is 11.4 Å². The van der Waals surface area contributed by atoms with Gasteiger partial charge in [-0.1, -0.05) is 139 Å². The number of unbranched alkanes of at least 4 members (excludes halogenated alkanes) is 15. The van der Waals surface area contributed by atoms with Gasteiger partial charge in [-0.2, -0.15) is 0 Å². The highest BCUT2D eigenvalue weighted by Gasteiger charge is 2.50. The summed E-state index contributed by atoms with van der Waals surface area (Å²) in [5, 5.41) is 0. The lowest BCUT2D eigenvalue weighted by molar-refractivity contribution is -0.204. The van der Waals surface area contributed by atoms with Crippen molar-refractivity contribution in [3.05, 3.63) is 60.8 Å². The number of likely N-dealkylation sites (tertiary alicyclic amines) is 1. The number of hydrogen-bond acceptors (Lipinski definition) is 3. The molecule has 2 saturated heterocycles. The first kappa shape index (κ1) is 41.7. The second-order valence-corrected chi connectivity index (χ2v) is 14.6. The maximum absolute atomic E-state index is 7.00. The molecule has 1 spiro atoms. The van der Waals surface area contributed by atoms with Crippen LogP contribution in [0.25, 0.3) is 0 Å². The van der Waals surface area contributed by atoms with Crippen LogP contribution in [-0.2, 0) is 9.47 Å². The number of rotatable bonds is 29. The zero-order chi connectivity index (χ0) is 33.6. The molecule has 0 bridgehead atoms. The second kappa shape index (κ2) is 28.4. The summed E-state index contributed by atoms with van der Waals surface area (Å²) in [5.41, 5.74) is -0.0275. The molecule has 47 heavy (non-hydrogen) atoms. The quantitative estimate of drug-likeness (QED) is 0.0593. The fourth-order valence-electron chi connectivity index (χ4n) is 6.93. The maximum Gasteiger partial charge on any atom is 0.169 e. The average molecular weight is 652 g/mol. The van der Waals surface area contributed by atoms with Crippen molar-refractivity contribution >= 4 is 0 Å². The molecule has 0 amide bonds. The average Bonchev–Trinajstić information content (AvgIpc) is 3.43. The van der Waals surface area contributed by atoms with Gasteiger partial charge >= 0.3 is 0 Å². The molecule has 2 heterocycles. The molecule has 3 heteroatoms. The van der Waals surface area contributed by atoms with Crippen LogP contribution in [0, 0.1) is 0 Å². The van der Waals surface area contributed by atoms with E-state index in [9.17, 15) is 0 Å². The van der Waals surface area contributed by atoms with Crippen LogP contribution in [0.2, 0.25) is 0 Å². The molecule has 0 aromatic carbocycles. The second-order valence-electron chi connectivity index (χ2n) is 14.6. The van der Waals surface area contributed by atoms with Crippen molar-refractivity contribution in [2.24, 2.45) is 0 Å². The van der Waals surface area contributed by atoms with Crippen LogP contribution in [0.3, 0.4) is 0 Å². The van der Waals surface area contributed by atoms with E-state index >= 15 is 0 Å². The molecule has 0 aliphatic carbocycles. The summed E-state index contributed by atoms with van der Waals surface area (Å²) in [4.78, 5) is 2.44. The molecule has 2 fully saturated rings. The Hall–Kier alpha value is -1.42.